The van der Waals surface area contributed by atoms with Crippen LogP contribution in [0.5, 0.6) is 0 Å². The van der Waals surface area contributed by atoms with Gasteiger partial charge in [-0.25, -0.2) is 4.98 Å². The topological polar surface area (TPSA) is 63.0 Å². The van der Waals surface area contributed by atoms with E-state index in [0.29, 0.717) is 13.2 Å². The molecule has 0 saturated heterocycles. The van der Waals surface area contributed by atoms with Crippen LogP contribution in [0.1, 0.15) is 5.69 Å². The van der Waals surface area contributed by atoms with Crippen molar-refractivity contribution in [1.82, 2.24) is 20.0 Å². The second kappa shape index (κ2) is 6.36. The van der Waals surface area contributed by atoms with Crippen molar-refractivity contribution in [2.45, 2.75) is 6.54 Å². The number of aliphatic imine (C=N–C) groups is 1. The highest BCUT2D eigenvalue weighted by Crippen LogP contribution is 2.10. The normalized spacial score (nSPS) is 12.0. The standard InChI is InChI=1S/C11H17N5OS/c1-12-10(13-3-5-17-2)14-7-9-8-16-4-6-18-11(16)15-9/h4,6,8H,3,5,7H2,1-2H3,(H2,12,13,14). The van der Waals surface area contributed by atoms with Crippen LogP contribution in [-0.2, 0) is 11.3 Å². The monoisotopic (exact) mass is 267 g/mol. The van der Waals surface area contributed by atoms with Gasteiger partial charge >= 0.3 is 0 Å². The van der Waals surface area contributed by atoms with E-state index in [0.717, 1.165) is 23.2 Å². The van der Waals surface area contributed by atoms with E-state index in [1.807, 2.05) is 22.2 Å². The van der Waals surface area contributed by atoms with Crippen LogP contribution in [0, 0.1) is 0 Å². The fourth-order valence-corrected chi connectivity index (χ4v) is 2.25. The second-order valence-corrected chi connectivity index (χ2v) is 4.54. The lowest BCUT2D eigenvalue weighted by molar-refractivity contribution is 0.203. The smallest absolute Gasteiger partial charge is 0.193 e. The van der Waals surface area contributed by atoms with E-state index in [2.05, 4.69) is 20.6 Å². The molecule has 6 nitrogen and oxygen atoms in total. The zero-order chi connectivity index (χ0) is 12.8. The summed E-state index contributed by atoms with van der Waals surface area (Å²) in [6.45, 7) is 2.04. The fourth-order valence-electron chi connectivity index (χ4n) is 1.53. The summed E-state index contributed by atoms with van der Waals surface area (Å²) in [5.74, 6) is 0.753. The van der Waals surface area contributed by atoms with Gasteiger partial charge in [-0.2, -0.15) is 0 Å². The van der Waals surface area contributed by atoms with Gasteiger partial charge in [-0.1, -0.05) is 0 Å². The zero-order valence-corrected chi connectivity index (χ0v) is 11.3. The number of hydrogen-bond acceptors (Lipinski definition) is 4. The molecule has 2 heterocycles. The summed E-state index contributed by atoms with van der Waals surface area (Å²) < 4.78 is 6.99. The maximum atomic E-state index is 4.97. The van der Waals surface area contributed by atoms with Gasteiger partial charge in [-0.05, 0) is 0 Å². The lowest BCUT2D eigenvalue weighted by atomic mass is 10.5. The Kier molecular flexibility index (Phi) is 4.54. The minimum Gasteiger partial charge on any atom is -0.383 e. The van der Waals surface area contributed by atoms with Gasteiger partial charge in [0, 0.05) is 38.5 Å². The molecular formula is C11H17N5OS. The summed E-state index contributed by atoms with van der Waals surface area (Å²) >= 11 is 1.63. The average Bonchev–Trinajstić information content (AvgIpc) is 2.94. The number of rotatable bonds is 5. The van der Waals surface area contributed by atoms with E-state index in [9.17, 15) is 0 Å². The molecule has 2 aromatic rings. The SMILES string of the molecule is CN=C(NCCOC)NCc1cn2ccsc2n1. The van der Waals surface area contributed by atoms with Crippen molar-refractivity contribution in [2.75, 3.05) is 27.3 Å². The first-order chi connectivity index (χ1) is 8.83. The van der Waals surface area contributed by atoms with Crippen LogP contribution in [0.4, 0.5) is 0 Å². The number of methoxy groups -OCH3 is 1. The lowest BCUT2D eigenvalue weighted by Gasteiger charge is -2.10. The van der Waals surface area contributed by atoms with E-state index in [4.69, 9.17) is 4.74 Å². The van der Waals surface area contributed by atoms with Crippen LogP contribution in [0.25, 0.3) is 4.96 Å². The van der Waals surface area contributed by atoms with Gasteiger partial charge in [0.25, 0.3) is 0 Å². The van der Waals surface area contributed by atoms with Gasteiger partial charge in [-0.15, -0.1) is 11.3 Å². The van der Waals surface area contributed by atoms with Gasteiger partial charge < -0.3 is 15.4 Å². The summed E-state index contributed by atoms with van der Waals surface area (Å²) in [5.41, 5.74) is 0.997. The second-order valence-electron chi connectivity index (χ2n) is 3.67. The highest BCUT2D eigenvalue weighted by molar-refractivity contribution is 7.15. The Balaban J connectivity index is 1.84. The van der Waals surface area contributed by atoms with Crippen molar-refractivity contribution in [3.8, 4) is 0 Å². The summed E-state index contributed by atoms with van der Waals surface area (Å²) in [4.78, 5) is 9.62. The van der Waals surface area contributed by atoms with Gasteiger partial charge in [0.2, 0.25) is 0 Å². The molecule has 0 amide bonds. The number of ether oxygens (including phenoxy) is 1. The quantitative estimate of drug-likeness (QED) is 0.476. The molecule has 2 aromatic heterocycles. The number of imidazole rings is 1. The van der Waals surface area contributed by atoms with Crippen LogP contribution < -0.4 is 10.6 Å². The molecule has 0 aromatic carbocycles. The Morgan fingerprint density at radius 1 is 1.56 bits per heavy atom. The molecule has 0 atom stereocenters. The average molecular weight is 267 g/mol. The summed E-state index contributed by atoms with van der Waals surface area (Å²) in [7, 11) is 3.42. The largest absolute Gasteiger partial charge is 0.383 e. The molecule has 0 aliphatic rings. The summed E-state index contributed by atoms with van der Waals surface area (Å²) in [6, 6.07) is 0. The number of nitrogens with zero attached hydrogens (tertiary/aromatic N) is 3. The number of nitrogens with one attached hydrogen (secondary N) is 2. The molecule has 7 heteroatoms. The minimum atomic E-state index is 0.654. The van der Waals surface area contributed by atoms with Crippen molar-refractivity contribution >= 4 is 22.3 Å². The molecule has 98 valence electrons. The molecular weight excluding hydrogens is 250 g/mol. The van der Waals surface area contributed by atoms with Gasteiger partial charge in [0.1, 0.15) is 0 Å². The van der Waals surface area contributed by atoms with E-state index >= 15 is 0 Å². The van der Waals surface area contributed by atoms with Crippen LogP contribution in [0.15, 0.2) is 22.8 Å². The van der Waals surface area contributed by atoms with Crippen molar-refractivity contribution in [2.24, 2.45) is 4.99 Å². The molecule has 0 radical (unpaired) electrons. The summed E-state index contributed by atoms with van der Waals surface area (Å²) in [6.07, 6.45) is 4.02. The molecule has 18 heavy (non-hydrogen) atoms. The van der Waals surface area contributed by atoms with E-state index in [1.54, 1.807) is 25.5 Å². The first-order valence-electron chi connectivity index (χ1n) is 5.68. The fraction of sp³-hybridized carbons (Fsp3) is 0.455. The molecule has 0 fully saturated rings. The highest BCUT2D eigenvalue weighted by atomic mass is 32.1. The molecule has 0 bridgehead atoms. The molecule has 0 aliphatic heterocycles. The van der Waals surface area contributed by atoms with E-state index in [1.165, 1.54) is 0 Å². The van der Waals surface area contributed by atoms with E-state index < -0.39 is 0 Å². The third-order valence-corrected chi connectivity index (χ3v) is 3.17. The predicted octanol–water partition coefficient (Wildman–Crippen LogP) is 0.707. The van der Waals surface area contributed by atoms with Crippen molar-refractivity contribution in [1.29, 1.82) is 0 Å². The Bertz CT molecular complexity index is 490. The third kappa shape index (κ3) is 3.21. The van der Waals surface area contributed by atoms with Crippen molar-refractivity contribution in [3.05, 3.63) is 23.5 Å². The van der Waals surface area contributed by atoms with Crippen LogP contribution in [0.2, 0.25) is 0 Å². The van der Waals surface area contributed by atoms with Crippen molar-refractivity contribution in [3.63, 3.8) is 0 Å². The zero-order valence-electron chi connectivity index (χ0n) is 10.5. The molecule has 2 rings (SSSR count). The predicted molar refractivity (Wildman–Crippen MR) is 73.1 cm³/mol. The van der Waals surface area contributed by atoms with Crippen LogP contribution in [0.3, 0.4) is 0 Å². The molecule has 0 saturated carbocycles. The summed E-state index contributed by atoms with van der Waals surface area (Å²) in [5, 5.41) is 8.38. The maximum absolute atomic E-state index is 4.97. The number of fused-ring (bicyclic) bond motifs is 1. The molecule has 2 N–H and O–H groups in total. The first-order valence-corrected chi connectivity index (χ1v) is 6.56. The molecule has 0 aliphatic carbocycles. The first kappa shape index (κ1) is 12.8. The van der Waals surface area contributed by atoms with Crippen LogP contribution >= 0.6 is 11.3 Å². The Labute approximate surface area is 110 Å². The number of thiazole rings is 1. The number of hydrogen-bond donors (Lipinski definition) is 2. The van der Waals surface area contributed by atoms with E-state index in [-0.39, 0.29) is 0 Å². The van der Waals surface area contributed by atoms with Gasteiger partial charge in [0.05, 0.1) is 18.8 Å². The van der Waals surface area contributed by atoms with Gasteiger partial charge in [-0.3, -0.25) is 9.39 Å². The number of aromatic nitrogens is 2. The lowest BCUT2D eigenvalue weighted by Crippen LogP contribution is -2.38. The maximum Gasteiger partial charge on any atom is 0.193 e. The molecule has 0 unspecified atom stereocenters. The van der Waals surface area contributed by atoms with Crippen LogP contribution in [-0.4, -0.2) is 42.7 Å². The minimum absolute atomic E-state index is 0.654. The van der Waals surface area contributed by atoms with Crippen molar-refractivity contribution < 1.29 is 4.74 Å². The highest BCUT2D eigenvalue weighted by Gasteiger charge is 2.03. The Morgan fingerprint density at radius 2 is 2.44 bits per heavy atom. The third-order valence-electron chi connectivity index (χ3n) is 2.40. The molecule has 0 spiro atoms. The Morgan fingerprint density at radius 3 is 3.17 bits per heavy atom. The Hall–Kier alpha value is -1.60. The van der Waals surface area contributed by atoms with Gasteiger partial charge in [0.15, 0.2) is 10.9 Å². The number of guanidine groups is 1.